The summed E-state index contributed by atoms with van der Waals surface area (Å²) < 4.78 is 18.7. The fourth-order valence-corrected chi connectivity index (χ4v) is 1.98. The molecule has 1 aromatic rings. The molecule has 1 aromatic carbocycles. The van der Waals surface area contributed by atoms with E-state index < -0.39 is 0 Å². The van der Waals surface area contributed by atoms with Gasteiger partial charge in [-0.15, -0.1) is 0 Å². The van der Waals surface area contributed by atoms with Crippen molar-refractivity contribution in [2.75, 3.05) is 19.8 Å². The molecule has 5 heteroatoms. The van der Waals surface area contributed by atoms with Crippen molar-refractivity contribution in [3.8, 4) is 0 Å². The Hall–Kier alpha value is -0.940. The molecule has 0 atom stereocenters. The van der Waals surface area contributed by atoms with E-state index in [9.17, 15) is 9.18 Å². The van der Waals surface area contributed by atoms with Crippen molar-refractivity contribution < 1.29 is 13.9 Å². The number of rotatable bonds is 2. The number of amides is 1. The first-order valence-electron chi connectivity index (χ1n) is 4.97. The van der Waals surface area contributed by atoms with Crippen molar-refractivity contribution >= 4 is 21.8 Å². The molecule has 0 N–H and O–H groups in total. The Morgan fingerprint density at radius 1 is 1.50 bits per heavy atom. The van der Waals surface area contributed by atoms with Crippen LogP contribution in [0.1, 0.15) is 5.56 Å². The zero-order valence-electron chi connectivity index (χ0n) is 8.58. The summed E-state index contributed by atoms with van der Waals surface area (Å²) in [5, 5.41) is 0. The van der Waals surface area contributed by atoms with Crippen molar-refractivity contribution in [2.24, 2.45) is 0 Å². The smallest absolute Gasteiger partial charge is 0.248 e. The van der Waals surface area contributed by atoms with E-state index in [1.165, 1.54) is 6.07 Å². The minimum absolute atomic E-state index is 0.0533. The van der Waals surface area contributed by atoms with Crippen LogP contribution in [0.4, 0.5) is 4.39 Å². The molecular formula is C11H11BrFNO2. The third-order valence-electron chi connectivity index (χ3n) is 2.48. The molecular weight excluding hydrogens is 277 g/mol. The van der Waals surface area contributed by atoms with Gasteiger partial charge in [-0.3, -0.25) is 4.79 Å². The maximum Gasteiger partial charge on any atom is 0.248 e. The van der Waals surface area contributed by atoms with E-state index in [-0.39, 0.29) is 18.3 Å². The fourth-order valence-electron chi connectivity index (χ4n) is 1.59. The number of hydrogen-bond donors (Lipinski definition) is 0. The molecule has 0 unspecified atom stereocenters. The van der Waals surface area contributed by atoms with E-state index in [0.717, 1.165) is 5.56 Å². The number of carbonyl (C=O) groups excluding carboxylic acids is 1. The van der Waals surface area contributed by atoms with Gasteiger partial charge in [-0.25, -0.2) is 4.39 Å². The second-order valence-electron chi connectivity index (χ2n) is 3.58. The number of nitrogens with zero attached hydrogens (tertiary/aromatic N) is 1. The van der Waals surface area contributed by atoms with Gasteiger partial charge < -0.3 is 9.64 Å². The highest BCUT2D eigenvalue weighted by Gasteiger charge is 2.19. The average Bonchev–Trinajstić information content (AvgIpc) is 2.28. The lowest BCUT2D eigenvalue weighted by atomic mass is 10.2. The zero-order chi connectivity index (χ0) is 11.5. The standard InChI is InChI=1S/C11H11BrFNO2/c12-11-8(2-1-3-9(11)13)6-14-4-5-16-7-10(14)15/h1-3H,4-7H2. The molecule has 1 fully saturated rings. The molecule has 0 spiro atoms. The van der Waals surface area contributed by atoms with Crippen molar-refractivity contribution in [1.82, 2.24) is 4.90 Å². The summed E-state index contributed by atoms with van der Waals surface area (Å²) in [4.78, 5) is 13.2. The van der Waals surface area contributed by atoms with Crippen LogP contribution in [-0.2, 0) is 16.1 Å². The average molecular weight is 288 g/mol. The molecule has 0 saturated carbocycles. The first kappa shape index (κ1) is 11.5. The molecule has 16 heavy (non-hydrogen) atoms. The number of hydrogen-bond acceptors (Lipinski definition) is 2. The first-order chi connectivity index (χ1) is 7.68. The Balaban J connectivity index is 2.14. The Morgan fingerprint density at radius 3 is 3.06 bits per heavy atom. The van der Waals surface area contributed by atoms with Crippen LogP contribution in [0.5, 0.6) is 0 Å². The quantitative estimate of drug-likeness (QED) is 0.832. The van der Waals surface area contributed by atoms with Crippen LogP contribution >= 0.6 is 15.9 Å². The summed E-state index contributed by atoms with van der Waals surface area (Å²) in [6.45, 7) is 1.63. The zero-order valence-corrected chi connectivity index (χ0v) is 10.2. The Morgan fingerprint density at radius 2 is 2.31 bits per heavy atom. The van der Waals surface area contributed by atoms with E-state index in [0.29, 0.717) is 24.2 Å². The molecule has 1 heterocycles. The van der Waals surface area contributed by atoms with Gasteiger partial charge in [-0.05, 0) is 27.6 Å². The predicted molar refractivity (Wildman–Crippen MR) is 60.3 cm³/mol. The van der Waals surface area contributed by atoms with Crippen molar-refractivity contribution in [3.63, 3.8) is 0 Å². The van der Waals surface area contributed by atoms with Crippen LogP contribution in [0, 0.1) is 5.82 Å². The van der Waals surface area contributed by atoms with Crippen LogP contribution in [0.15, 0.2) is 22.7 Å². The van der Waals surface area contributed by atoms with Gasteiger partial charge in [-0.2, -0.15) is 0 Å². The maximum atomic E-state index is 13.3. The Kier molecular flexibility index (Phi) is 3.56. The number of benzene rings is 1. The first-order valence-corrected chi connectivity index (χ1v) is 5.76. The van der Waals surface area contributed by atoms with E-state index in [4.69, 9.17) is 4.74 Å². The normalized spacial score (nSPS) is 16.6. The van der Waals surface area contributed by atoms with E-state index in [2.05, 4.69) is 15.9 Å². The van der Waals surface area contributed by atoms with Gasteiger partial charge in [0, 0.05) is 13.1 Å². The summed E-state index contributed by atoms with van der Waals surface area (Å²) in [6.07, 6.45) is 0. The number of halogens is 2. The van der Waals surface area contributed by atoms with Gasteiger partial charge in [0.15, 0.2) is 0 Å². The van der Waals surface area contributed by atoms with Crippen LogP contribution in [0.2, 0.25) is 0 Å². The molecule has 1 saturated heterocycles. The molecule has 1 aliphatic rings. The fraction of sp³-hybridized carbons (Fsp3) is 0.364. The molecule has 1 amide bonds. The number of morpholine rings is 1. The highest BCUT2D eigenvalue weighted by Crippen LogP contribution is 2.22. The topological polar surface area (TPSA) is 29.5 Å². The van der Waals surface area contributed by atoms with Gasteiger partial charge in [-0.1, -0.05) is 12.1 Å². The number of carbonyl (C=O) groups is 1. The molecule has 0 aliphatic carbocycles. The third kappa shape index (κ3) is 2.41. The minimum atomic E-state index is -0.307. The Bertz CT molecular complexity index is 411. The largest absolute Gasteiger partial charge is 0.370 e. The lowest BCUT2D eigenvalue weighted by Crippen LogP contribution is -2.41. The third-order valence-corrected chi connectivity index (χ3v) is 3.36. The molecule has 0 aromatic heterocycles. The van der Waals surface area contributed by atoms with Crippen LogP contribution < -0.4 is 0 Å². The van der Waals surface area contributed by atoms with Crippen molar-refractivity contribution in [2.45, 2.75) is 6.54 Å². The SMILES string of the molecule is O=C1COCCN1Cc1cccc(F)c1Br. The second-order valence-corrected chi connectivity index (χ2v) is 4.37. The highest BCUT2D eigenvalue weighted by atomic mass is 79.9. The molecule has 0 radical (unpaired) electrons. The van der Waals surface area contributed by atoms with Crippen LogP contribution in [0.3, 0.4) is 0 Å². The molecule has 3 nitrogen and oxygen atoms in total. The van der Waals surface area contributed by atoms with Gasteiger partial charge in [0.05, 0.1) is 11.1 Å². The summed E-state index contributed by atoms with van der Waals surface area (Å²) in [5.41, 5.74) is 0.773. The van der Waals surface area contributed by atoms with Crippen molar-refractivity contribution in [3.05, 3.63) is 34.1 Å². The van der Waals surface area contributed by atoms with Crippen LogP contribution in [0.25, 0.3) is 0 Å². The van der Waals surface area contributed by atoms with Gasteiger partial charge in [0.1, 0.15) is 12.4 Å². The van der Waals surface area contributed by atoms with E-state index in [1.54, 1.807) is 17.0 Å². The van der Waals surface area contributed by atoms with Gasteiger partial charge in [0.25, 0.3) is 0 Å². The van der Waals surface area contributed by atoms with Gasteiger partial charge >= 0.3 is 0 Å². The second kappa shape index (κ2) is 4.93. The van der Waals surface area contributed by atoms with E-state index in [1.807, 2.05) is 0 Å². The summed E-state index contributed by atoms with van der Waals surface area (Å²) >= 11 is 3.18. The predicted octanol–water partition coefficient (Wildman–Crippen LogP) is 1.95. The molecule has 86 valence electrons. The summed E-state index contributed by atoms with van der Waals surface area (Å²) in [7, 11) is 0. The monoisotopic (exact) mass is 287 g/mol. The Labute approximate surface area is 101 Å². The summed E-state index contributed by atoms with van der Waals surface area (Å²) in [5.74, 6) is -0.361. The molecule has 1 aliphatic heterocycles. The van der Waals surface area contributed by atoms with Gasteiger partial charge in [0.2, 0.25) is 5.91 Å². The van der Waals surface area contributed by atoms with Crippen molar-refractivity contribution in [1.29, 1.82) is 0 Å². The highest BCUT2D eigenvalue weighted by molar-refractivity contribution is 9.10. The molecule has 0 bridgehead atoms. The number of ether oxygens (including phenoxy) is 1. The van der Waals surface area contributed by atoms with E-state index >= 15 is 0 Å². The minimum Gasteiger partial charge on any atom is -0.370 e. The maximum absolute atomic E-state index is 13.3. The lowest BCUT2D eigenvalue weighted by molar-refractivity contribution is -0.143. The lowest BCUT2D eigenvalue weighted by Gasteiger charge is -2.27. The molecule has 2 rings (SSSR count). The summed E-state index contributed by atoms with van der Waals surface area (Å²) in [6, 6.07) is 4.82. The van der Waals surface area contributed by atoms with Crippen LogP contribution in [-0.4, -0.2) is 30.6 Å².